The molecule has 0 saturated carbocycles. The van der Waals surface area contributed by atoms with Crippen LogP contribution in [0.25, 0.3) is 0 Å². The van der Waals surface area contributed by atoms with Crippen LogP contribution in [0.15, 0.2) is 12.2 Å². The van der Waals surface area contributed by atoms with Gasteiger partial charge in [-0.25, -0.2) is 0 Å². The molecule has 0 spiro atoms. The largest absolute Gasteiger partial charge is 0.147 e. The molecule has 0 nitrogen and oxygen atoms in total. The zero-order valence-electron chi connectivity index (χ0n) is 3.89. The molecule has 44 valence electrons. The average molecular weight is 159 g/mol. The van der Waals surface area contributed by atoms with E-state index in [1.165, 1.54) is 20.9 Å². The van der Waals surface area contributed by atoms with E-state index < -0.39 is 0 Å². The second-order valence-corrected chi connectivity index (χ2v) is 2.45. The molecule has 1 rings (SSSR count). The van der Waals surface area contributed by atoms with Crippen molar-refractivity contribution in [3.05, 3.63) is 12.2 Å². The lowest BCUT2D eigenvalue weighted by molar-refractivity contribution is 1.78. The van der Waals surface area contributed by atoms with Gasteiger partial charge in [-0.3, -0.25) is 0 Å². The Morgan fingerprint density at radius 1 is 1.00 bits per heavy atom. The Balaban J connectivity index is 0. The molecule has 0 fully saturated rings. The minimum Gasteiger partial charge on any atom is -0.147 e. The molecule has 0 atom stereocenters. The standard InChI is InChI=1S/C4H7P.2ClH/c1-2-4-5-3-1;;/h1-2,5H,3-4H2;2*1H. The molecule has 0 saturated heterocycles. The predicted octanol–water partition coefficient (Wildman–Crippen LogP) is 2.08. The lowest BCUT2D eigenvalue weighted by atomic mass is 10.6. The number of allylic oxidation sites excluding steroid dienone is 2. The van der Waals surface area contributed by atoms with Gasteiger partial charge in [0.25, 0.3) is 0 Å². The van der Waals surface area contributed by atoms with Crippen LogP contribution in [0.1, 0.15) is 0 Å². The van der Waals surface area contributed by atoms with Crippen molar-refractivity contribution in [3.63, 3.8) is 0 Å². The number of hydrogen-bond acceptors (Lipinski definition) is 0. The quantitative estimate of drug-likeness (QED) is 0.375. The Morgan fingerprint density at radius 2 is 1.43 bits per heavy atom. The van der Waals surface area contributed by atoms with Crippen molar-refractivity contribution in [2.24, 2.45) is 0 Å². The topological polar surface area (TPSA) is 0 Å². The highest BCUT2D eigenvalue weighted by Crippen LogP contribution is 2.14. The highest BCUT2D eigenvalue weighted by molar-refractivity contribution is 7.38. The van der Waals surface area contributed by atoms with Crippen LogP contribution in [-0.2, 0) is 0 Å². The summed E-state index contributed by atoms with van der Waals surface area (Å²) in [7, 11) is 1.20. The molecule has 1 heterocycles. The van der Waals surface area contributed by atoms with E-state index in [1.54, 1.807) is 0 Å². The number of rotatable bonds is 0. The Hall–Kier alpha value is 0.750. The van der Waals surface area contributed by atoms with Crippen LogP contribution in [0.4, 0.5) is 0 Å². The van der Waals surface area contributed by atoms with Crippen molar-refractivity contribution >= 4 is 33.4 Å². The molecular weight excluding hydrogens is 150 g/mol. The van der Waals surface area contributed by atoms with Gasteiger partial charge in [-0.1, -0.05) is 12.2 Å². The fourth-order valence-corrected chi connectivity index (χ4v) is 1.25. The fraction of sp³-hybridized carbons (Fsp3) is 0.500. The second kappa shape index (κ2) is 6.75. The molecule has 0 aromatic carbocycles. The van der Waals surface area contributed by atoms with Gasteiger partial charge in [0.1, 0.15) is 0 Å². The Labute approximate surface area is 58.4 Å². The molecule has 0 radical (unpaired) electrons. The zero-order valence-corrected chi connectivity index (χ0v) is 6.52. The molecule has 0 aromatic heterocycles. The molecule has 0 unspecified atom stereocenters. The highest BCUT2D eigenvalue weighted by atomic mass is 35.5. The smallest absolute Gasteiger partial charge is 0.0169 e. The van der Waals surface area contributed by atoms with Gasteiger partial charge in [0, 0.05) is 0 Å². The first-order valence-corrected chi connectivity index (χ1v) is 3.27. The molecule has 0 amide bonds. The molecular formula is C4H9Cl2P. The van der Waals surface area contributed by atoms with Crippen LogP contribution < -0.4 is 0 Å². The average Bonchev–Trinajstić information content (AvgIpc) is 1.76. The van der Waals surface area contributed by atoms with Crippen molar-refractivity contribution < 1.29 is 0 Å². The lowest BCUT2D eigenvalue weighted by Crippen LogP contribution is -1.48. The number of hydrogen-bond donors (Lipinski definition) is 0. The fourth-order valence-electron chi connectivity index (χ4n) is 0.417. The van der Waals surface area contributed by atoms with Gasteiger partial charge in [-0.05, 0) is 12.3 Å². The molecule has 1 aliphatic rings. The molecule has 0 bridgehead atoms. The molecule has 0 aromatic rings. The molecule has 7 heavy (non-hydrogen) atoms. The summed E-state index contributed by atoms with van der Waals surface area (Å²) in [6, 6.07) is 0. The summed E-state index contributed by atoms with van der Waals surface area (Å²) in [5.74, 6) is 0. The first kappa shape index (κ1) is 10.7. The van der Waals surface area contributed by atoms with E-state index in [2.05, 4.69) is 12.2 Å². The second-order valence-electron chi connectivity index (χ2n) is 1.13. The van der Waals surface area contributed by atoms with Gasteiger partial charge in [0.2, 0.25) is 0 Å². The van der Waals surface area contributed by atoms with Crippen molar-refractivity contribution in [2.45, 2.75) is 0 Å². The summed E-state index contributed by atoms with van der Waals surface area (Å²) in [5.41, 5.74) is 0. The van der Waals surface area contributed by atoms with Gasteiger partial charge in [0.05, 0.1) is 0 Å². The van der Waals surface area contributed by atoms with Crippen molar-refractivity contribution in [2.75, 3.05) is 12.3 Å². The van der Waals surface area contributed by atoms with Crippen LogP contribution in [0, 0.1) is 0 Å². The van der Waals surface area contributed by atoms with E-state index in [1.807, 2.05) is 0 Å². The first-order chi connectivity index (χ1) is 2.50. The molecule has 0 N–H and O–H groups in total. The summed E-state index contributed by atoms with van der Waals surface area (Å²) in [6.45, 7) is 0. The van der Waals surface area contributed by atoms with Gasteiger partial charge < -0.3 is 0 Å². The van der Waals surface area contributed by atoms with Gasteiger partial charge in [0.15, 0.2) is 0 Å². The van der Waals surface area contributed by atoms with E-state index in [4.69, 9.17) is 0 Å². The molecule has 1 aliphatic heterocycles. The van der Waals surface area contributed by atoms with E-state index in [-0.39, 0.29) is 24.8 Å². The number of halogens is 2. The Morgan fingerprint density at radius 3 is 1.57 bits per heavy atom. The summed E-state index contributed by atoms with van der Waals surface area (Å²) < 4.78 is 0. The summed E-state index contributed by atoms with van der Waals surface area (Å²) in [5, 5.41) is 0. The third-order valence-corrected chi connectivity index (χ3v) is 1.74. The van der Waals surface area contributed by atoms with E-state index in [0.717, 1.165) is 0 Å². The van der Waals surface area contributed by atoms with Crippen LogP contribution in [0.5, 0.6) is 0 Å². The highest BCUT2D eigenvalue weighted by Gasteiger charge is 1.84. The van der Waals surface area contributed by atoms with E-state index in [9.17, 15) is 0 Å². The third kappa shape index (κ3) is 4.61. The minimum atomic E-state index is 0. The van der Waals surface area contributed by atoms with Crippen LogP contribution in [0.3, 0.4) is 0 Å². The van der Waals surface area contributed by atoms with Crippen molar-refractivity contribution in [1.29, 1.82) is 0 Å². The predicted molar refractivity (Wildman–Crippen MR) is 41.7 cm³/mol. The maximum Gasteiger partial charge on any atom is -0.0169 e. The molecule has 0 aliphatic carbocycles. The summed E-state index contributed by atoms with van der Waals surface area (Å²) in [4.78, 5) is 0. The van der Waals surface area contributed by atoms with Crippen molar-refractivity contribution in [1.82, 2.24) is 0 Å². The SMILES string of the molecule is C1=CCPC1.Cl.Cl. The van der Waals surface area contributed by atoms with Gasteiger partial charge in [-0.15, -0.1) is 33.4 Å². The third-order valence-electron chi connectivity index (χ3n) is 0.691. The van der Waals surface area contributed by atoms with Crippen LogP contribution in [-0.4, -0.2) is 12.3 Å². The Kier molecular flexibility index (Phi) is 10.3. The summed E-state index contributed by atoms with van der Waals surface area (Å²) in [6.07, 6.45) is 7.19. The molecule has 3 heteroatoms. The van der Waals surface area contributed by atoms with Crippen LogP contribution >= 0.6 is 33.4 Å². The van der Waals surface area contributed by atoms with E-state index in [0.29, 0.717) is 0 Å². The monoisotopic (exact) mass is 158 g/mol. The van der Waals surface area contributed by atoms with E-state index >= 15 is 0 Å². The lowest BCUT2D eigenvalue weighted by Gasteiger charge is -1.70. The minimum absolute atomic E-state index is 0. The van der Waals surface area contributed by atoms with Crippen molar-refractivity contribution in [3.8, 4) is 0 Å². The van der Waals surface area contributed by atoms with Gasteiger partial charge >= 0.3 is 0 Å². The van der Waals surface area contributed by atoms with Crippen LogP contribution in [0.2, 0.25) is 0 Å². The Bertz CT molecular complexity index is 47.7. The van der Waals surface area contributed by atoms with Gasteiger partial charge in [-0.2, -0.15) is 0 Å². The zero-order chi connectivity index (χ0) is 3.54. The maximum absolute atomic E-state index is 2.25. The normalized spacial score (nSPS) is 14.9. The maximum atomic E-state index is 2.25. The first-order valence-electron chi connectivity index (χ1n) is 1.86. The summed E-state index contributed by atoms with van der Waals surface area (Å²) >= 11 is 0.